The molecule has 14 heavy (non-hydrogen) atoms. The second kappa shape index (κ2) is 5.66. The largest absolute Gasteiger partial charge is 0.396 e. The molecule has 0 aliphatic carbocycles. The molecule has 0 fully saturated rings. The van der Waals surface area contributed by atoms with Crippen molar-refractivity contribution in [2.45, 2.75) is 32.7 Å². The first-order valence-electron chi connectivity index (χ1n) is 4.97. The van der Waals surface area contributed by atoms with Gasteiger partial charge in [0.2, 0.25) is 0 Å². The fourth-order valence-electron chi connectivity index (χ4n) is 0.982. The Balaban J connectivity index is 4.02. The lowest BCUT2D eigenvalue weighted by Crippen LogP contribution is -2.47. The van der Waals surface area contributed by atoms with Crippen molar-refractivity contribution in [2.75, 3.05) is 26.4 Å². The van der Waals surface area contributed by atoms with Gasteiger partial charge in [0.25, 0.3) is 0 Å². The first-order chi connectivity index (χ1) is 6.39. The molecule has 0 unspecified atom stereocenters. The van der Waals surface area contributed by atoms with E-state index in [0.29, 0.717) is 13.0 Å². The van der Waals surface area contributed by atoms with Gasteiger partial charge in [-0.1, -0.05) is 6.92 Å². The smallest absolute Gasteiger partial charge is 0.0519 e. The molecule has 0 heterocycles. The molecule has 86 valence electrons. The first-order valence-corrected chi connectivity index (χ1v) is 4.97. The van der Waals surface area contributed by atoms with Crippen molar-refractivity contribution in [1.29, 1.82) is 0 Å². The molecule has 0 rings (SSSR count). The van der Waals surface area contributed by atoms with Crippen molar-refractivity contribution < 1.29 is 15.3 Å². The minimum atomic E-state index is -0.493. The molecule has 0 bridgehead atoms. The Morgan fingerprint density at radius 2 is 1.50 bits per heavy atom. The van der Waals surface area contributed by atoms with Crippen LogP contribution in [0.2, 0.25) is 0 Å². The molecule has 0 saturated heterocycles. The normalized spacial score (nSPS) is 13.3. The van der Waals surface area contributed by atoms with Crippen LogP contribution in [0.1, 0.15) is 27.2 Å². The van der Waals surface area contributed by atoms with Crippen LogP contribution in [0.25, 0.3) is 0 Å². The predicted octanol–water partition coefficient (Wildman–Crippen LogP) is -0.272. The van der Waals surface area contributed by atoms with Gasteiger partial charge in [-0.3, -0.25) is 0 Å². The van der Waals surface area contributed by atoms with Gasteiger partial charge in [0.15, 0.2) is 0 Å². The summed E-state index contributed by atoms with van der Waals surface area (Å²) in [6, 6.07) is 0. The molecule has 0 aliphatic rings. The summed E-state index contributed by atoms with van der Waals surface area (Å²) < 4.78 is 0. The van der Waals surface area contributed by atoms with Crippen molar-refractivity contribution in [3.8, 4) is 0 Å². The minimum Gasteiger partial charge on any atom is -0.396 e. The molecule has 0 spiro atoms. The Morgan fingerprint density at radius 1 is 1.00 bits per heavy atom. The number of nitrogens with one attached hydrogen (secondary N) is 1. The molecular weight excluding hydrogens is 182 g/mol. The Hall–Kier alpha value is -0.160. The maximum absolute atomic E-state index is 9.06. The van der Waals surface area contributed by atoms with E-state index >= 15 is 0 Å². The summed E-state index contributed by atoms with van der Waals surface area (Å²) in [6.45, 7) is 6.35. The molecule has 0 aromatic carbocycles. The van der Waals surface area contributed by atoms with E-state index < -0.39 is 5.41 Å². The van der Waals surface area contributed by atoms with Gasteiger partial charge in [-0.15, -0.1) is 0 Å². The van der Waals surface area contributed by atoms with Crippen LogP contribution in [0.15, 0.2) is 0 Å². The quantitative estimate of drug-likeness (QED) is 0.461. The van der Waals surface area contributed by atoms with Crippen molar-refractivity contribution in [3.05, 3.63) is 0 Å². The zero-order chi connectivity index (χ0) is 11.2. The Kier molecular flexibility index (Phi) is 5.59. The molecule has 0 aromatic heterocycles. The highest BCUT2D eigenvalue weighted by Gasteiger charge is 2.26. The van der Waals surface area contributed by atoms with Crippen LogP contribution >= 0.6 is 0 Å². The molecular formula is C10H23NO3. The molecule has 0 saturated carbocycles. The Morgan fingerprint density at radius 3 is 1.86 bits per heavy atom. The highest BCUT2D eigenvalue weighted by atomic mass is 16.3. The molecule has 0 aromatic rings. The van der Waals surface area contributed by atoms with E-state index in [0.717, 1.165) is 0 Å². The fraction of sp³-hybridized carbons (Fsp3) is 1.00. The number of rotatable bonds is 7. The predicted molar refractivity (Wildman–Crippen MR) is 56.1 cm³/mol. The summed E-state index contributed by atoms with van der Waals surface area (Å²) in [5.41, 5.74) is -0.660. The standard InChI is InChI=1S/C10H23NO3/c1-9(2,4-5-12)11-6-10(3,7-13)8-14/h11-14H,4-8H2,1-3H3. The zero-order valence-electron chi connectivity index (χ0n) is 9.38. The average molecular weight is 205 g/mol. The van der Waals surface area contributed by atoms with Crippen LogP contribution in [0, 0.1) is 5.41 Å². The maximum Gasteiger partial charge on any atom is 0.0519 e. The molecule has 0 radical (unpaired) electrons. The van der Waals surface area contributed by atoms with E-state index in [9.17, 15) is 0 Å². The first kappa shape index (κ1) is 13.8. The zero-order valence-corrected chi connectivity index (χ0v) is 9.38. The highest BCUT2D eigenvalue weighted by Crippen LogP contribution is 2.15. The molecule has 0 atom stereocenters. The van der Waals surface area contributed by atoms with E-state index in [2.05, 4.69) is 5.32 Å². The van der Waals surface area contributed by atoms with Crippen LogP contribution in [-0.2, 0) is 0 Å². The van der Waals surface area contributed by atoms with Crippen LogP contribution < -0.4 is 5.32 Å². The average Bonchev–Trinajstić information content (AvgIpc) is 2.14. The number of hydrogen-bond acceptors (Lipinski definition) is 4. The number of hydrogen-bond donors (Lipinski definition) is 4. The lowest BCUT2D eigenvalue weighted by Gasteiger charge is -2.32. The second-order valence-electron chi connectivity index (χ2n) is 4.84. The van der Waals surface area contributed by atoms with Crippen molar-refractivity contribution in [1.82, 2.24) is 5.32 Å². The molecule has 4 heteroatoms. The third-order valence-corrected chi connectivity index (χ3v) is 2.49. The number of aliphatic hydroxyl groups excluding tert-OH is 3. The third-order valence-electron chi connectivity index (χ3n) is 2.49. The van der Waals surface area contributed by atoms with E-state index in [1.807, 2.05) is 20.8 Å². The van der Waals surface area contributed by atoms with Crippen molar-refractivity contribution in [2.24, 2.45) is 5.41 Å². The Labute approximate surface area is 86.0 Å². The lowest BCUT2D eigenvalue weighted by molar-refractivity contribution is 0.0616. The van der Waals surface area contributed by atoms with Crippen LogP contribution in [0.3, 0.4) is 0 Å². The van der Waals surface area contributed by atoms with Gasteiger partial charge in [0.05, 0.1) is 13.2 Å². The summed E-state index contributed by atoms with van der Waals surface area (Å²) in [4.78, 5) is 0. The van der Waals surface area contributed by atoms with Crippen molar-refractivity contribution in [3.63, 3.8) is 0 Å². The number of aliphatic hydroxyl groups is 3. The van der Waals surface area contributed by atoms with E-state index in [1.54, 1.807) is 0 Å². The maximum atomic E-state index is 9.06. The SMILES string of the molecule is CC(CO)(CO)CNC(C)(C)CCO. The van der Waals surface area contributed by atoms with Crippen molar-refractivity contribution >= 4 is 0 Å². The molecule has 4 N–H and O–H groups in total. The van der Waals surface area contributed by atoms with Crippen LogP contribution in [-0.4, -0.2) is 47.2 Å². The lowest BCUT2D eigenvalue weighted by atomic mass is 9.90. The van der Waals surface area contributed by atoms with E-state index in [1.165, 1.54) is 0 Å². The van der Waals surface area contributed by atoms with Gasteiger partial charge >= 0.3 is 0 Å². The van der Waals surface area contributed by atoms with E-state index in [4.69, 9.17) is 15.3 Å². The second-order valence-corrected chi connectivity index (χ2v) is 4.84. The summed E-state index contributed by atoms with van der Waals surface area (Å²) in [7, 11) is 0. The topological polar surface area (TPSA) is 72.7 Å². The summed E-state index contributed by atoms with van der Waals surface area (Å²) in [5.74, 6) is 0. The molecule has 0 aliphatic heterocycles. The fourth-order valence-corrected chi connectivity index (χ4v) is 0.982. The molecule has 4 nitrogen and oxygen atoms in total. The van der Waals surface area contributed by atoms with Gasteiger partial charge in [-0.25, -0.2) is 0 Å². The molecule has 0 amide bonds. The third kappa shape index (κ3) is 4.91. The van der Waals surface area contributed by atoms with Gasteiger partial charge in [-0.05, 0) is 20.3 Å². The highest BCUT2D eigenvalue weighted by molar-refractivity contribution is 4.83. The van der Waals surface area contributed by atoms with Gasteiger partial charge < -0.3 is 20.6 Å². The summed E-state index contributed by atoms with van der Waals surface area (Å²) in [6.07, 6.45) is 0.653. The van der Waals surface area contributed by atoms with Gasteiger partial charge in [0, 0.05) is 24.1 Å². The minimum absolute atomic E-state index is 0.0499. The van der Waals surface area contributed by atoms with Crippen LogP contribution in [0.4, 0.5) is 0 Å². The Bertz CT molecular complexity index is 155. The van der Waals surface area contributed by atoms with E-state index in [-0.39, 0.29) is 25.4 Å². The van der Waals surface area contributed by atoms with Crippen LogP contribution in [0.5, 0.6) is 0 Å². The summed E-state index contributed by atoms with van der Waals surface area (Å²) in [5, 5.41) is 30.2. The monoisotopic (exact) mass is 205 g/mol. The van der Waals surface area contributed by atoms with Gasteiger partial charge in [0.1, 0.15) is 0 Å². The summed E-state index contributed by atoms with van der Waals surface area (Å²) >= 11 is 0. The van der Waals surface area contributed by atoms with Gasteiger partial charge in [-0.2, -0.15) is 0 Å².